The minimum atomic E-state index is -0.526. The number of amides is 1. The van der Waals surface area contributed by atoms with Gasteiger partial charge in [0.05, 0.1) is 10.7 Å². The van der Waals surface area contributed by atoms with Crippen LogP contribution in [0.5, 0.6) is 0 Å². The molecule has 0 saturated heterocycles. The van der Waals surface area contributed by atoms with Crippen molar-refractivity contribution < 1.29 is 9.18 Å². The molecule has 0 radical (unpaired) electrons. The van der Waals surface area contributed by atoms with Crippen molar-refractivity contribution in [3.63, 3.8) is 0 Å². The largest absolute Gasteiger partial charge is 0.318 e. The Hall–Kier alpha value is -1.88. The highest BCUT2D eigenvalue weighted by Gasteiger charge is 2.16. The lowest BCUT2D eigenvalue weighted by atomic mass is 10.2. The molecule has 0 spiro atoms. The fourth-order valence-electron chi connectivity index (χ4n) is 1.63. The first kappa shape index (κ1) is 13.5. The summed E-state index contributed by atoms with van der Waals surface area (Å²) < 4.78 is 15.1. The van der Waals surface area contributed by atoms with Crippen LogP contribution in [0.15, 0.2) is 24.4 Å². The van der Waals surface area contributed by atoms with E-state index in [0.717, 1.165) is 5.56 Å². The highest BCUT2D eigenvalue weighted by Crippen LogP contribution is 2.19. The molecule has 0 aliphatic rings. The van der Waals surface area contributed by atoms with Crippen LogP contribution < -0.4 is 5.32 Å². The van der Waals surface area contributed by atoms with Crippen molar-refractivity contribution in [3.8, 4) is 0 Å². The first-order valence-electron chi connectivity index (χ1n) is 5.81. The molecule has 1 aromatic carbocycles. The van der Waals surface area contributed by atoms with Crippen molar-refractivity contribution in [1.29, 1.82) is 0 Å². The third-order valence-corrected chi connectivity index (χ3v) is 2.90. The molecule has 0 aliphatic heterocycles. The van der Waals surface area contributed by atoms with E-state index in [1.165, 1.54) is 6.07 Å². The Kier molecular flexibility index (Phi) is 3.85. The number of carbonyl (C=O) groups excluding carboxylic acids is 1. The van der Waals surface area contributed by atoms with Crippen LogP contribution in [0, 0.1) is 12.7 Å². The Labute approximate surface area is 115 Å². The van der Waals surface area contributed by atoms with Gasteiger partial charge in [-0.25, -0.2) is 4.39 Å². The molecule has 1 heterocycles. The first-order chi connectivity index (χ1) is 9.01. The first-order valence-corrected chi connectivity index (χ1v) is 6.19. The Morgan fingerprint density at radius 3 is 2.89 bits per heavy atom. The molecule has 19 heavy (non-hydrogen) atoms. The second kappa shape index (κ2) is 5.40. The van der Waals surface area contributed by atoms with Gasteiger partial charge >= 0.3 is 0 Å². The Morgan fingerprint density at radius 1 is 1.53 bits per heavy atom. The van der Waals surface area contributed by atoms with Crippen molar-refractivity contribution in [2.75, 3.05) is 5.32 Å². The number of anilines is 1. The quantitative estimate of drug-likeness (QED) is 0.939. The number of benzene rings is 1. The van der Waals surface area contributed by atoms with Crippen molar-refractivity contribution in [1.82, 2.24) is 9.78 Å². The molecule has 2 rings (SSSR count). The summed E-state index contributed by atoms with van der Waals surface area (Å²) in [5.74, 6) is -1.02. The molecule has 0 atom stereocenters. The maximum atomic E-state index is 13.5. The lowest BCUT2D eigenvalue weighted by molar-refractivity contribution is 0.102. The number of aryl methyl sites for hydroxylation is 2. The molecule has 100 valence electrons. The van der Waals surface area contributed by atoms with E-state index in [9.17, 15) is 9.18 Å². The highest BCUT2D eigenvalue weighted by atomic mass is 35.5. The lowest BCUT2D eigenvalue weighted by Crippen LogP contribution is -2.15. The van der Waals surface area contributed by atoms with Gasteiger partial charge in [-0.2, -0.15) is 5.10 Å². The summed E-state index contributed by atoms with van der Waals surface area (Å²) in [6, 6.07) is 4.49. The predicted octanol–water partition coefficient (Wildman–Crippen LogP) is 3.26. The van der Waals surface area contributed by atoms with Gasteiger partial charge in [-0.05, 0) is 31.5 Å². The molecule has 0 unspecified atom stereocenters. The average Bonchev–Trinajstić information content (AvgIpc) is 2.75. The second-order valence-corrected chi connectivity index (χ2v) is 4.53. The van der Waals surface area contributed by atoms with Crippen molar-refractivity contribution in [3.05, 3.63) is 46.5 Å². The lowest BCUT2D eigenvalue weighted by Gasteiger charge is -2.06. The van der Waals surface area contributed by atoms with Crippen molar-refractivity contribution >= 4 is 23.2 Å². The van der Waals surface area contributed by atoms with Crippen LogP contribution in [-0.2, 0) is 6.54 Å². The molecule has 6 heteroatoms. The maximum Gasteiger partial charge on any atom is 0.277 e. The van der Waals surface area contributed by atoms with Crippen LogP contribution in [0.3, 0.4) is 0 Å². The van der Waals surface area contributed by atoms with Crippen molar-refractivity contribution in [2.24, 2.45) is 0 Å². The number of aromatic nitrogens is 2. The van der Waals surface area contributed by atoms with E-state index in [2.05, 4.69) is 10.4 Å². The SMILES string of the molecule is CCn1cc(Cl)c(C(=O)Nc2cc(C)ccc2F)n1. The van der Waals surface area contributed by atoms with Gasteiger partial charge in [-0.3, -0.25) is 9.48 Å². The number of carbonyl (C=O) groups is 1. The van der Waals surface area contributed by atoms with Crippen LogP contribution in [0.4, 0.5) is 10.1 Å². The normalized spacial score (nSPS) is 10.5. The van der Waals surface area contributed by atoms with Gasteiger partial charge in [0, 0.05) is 12.7 Å². The van der Waals surface area contributed by atoms with Crippen LogP contribution in [0.1, 0.15) is 23.0 Å². The van der Waals surface area contributed by atoms with Crippen LogP contribution in [-0.4, -0.2) is 15.7 Å². The van der Waals surface area contributed by atoms with Crippen LogP contribution in [0.2, 0.25) is 5.02 Å². The molecule has 1 aromatic heterocycles. The van der Waals surface area contributed by atoms with Crippen molar-refractivity contribution in [2.45, 2.75) is 20.4 Å². The summed E-state index contributed by atoms with van der Waals surface area (Å²) in [6.45, 7) is 4.30. The van der Waals surface area contributed by atoms with E-state index in [1.807, 2.05) is 13.8 Å². The van der Waals surface area contributed by atoms with E-state index >= 15 is 0 Å². The Balaban J connectivity index is 2.25. The minimum absolute atomic E-state index is 0.0874. The standard InChI is InChI=1S/C13H13ClFN3O/c1-3-18-7-9(14)12(17-18)13(19)16-11-6-8(2)4-5-10(11)15/h4-7H,3H2,1-2H3,(H,16,19). The molecule has 0 fully saturated rings. The zero-order valence-electron chi connectivity index (χ0n) is 10.6. The number of rotatable bonds is 3. The summed E-state index contributed by atoms with van der Waals surface area (Å²) in [5.41, 5.74) is 1.05. The van der Waals surface area contributed by atoms with Gasteiger partial charge < -0.3 is 5.32 Å². The van der Waals surface area contributed by atoms with Gasteiger partial charge in [-0.1, -0.05) is 17.7 Å². The highest BCUT2D eigenvalue weighted by molar-refractivity contribution is 6.34. The molecule has 0 aliphatic carbocycles. The third kappa shape index (κ3) is 2.93. The monoisotopic (exact) mass is 281 g/mol. The number of hydrogen-bond acceptors (Lipinski definition) is 2. The summed E-state index contributed by atoms with van der Waals surface area (Å²) in [5, 5.41) is 6.74. The maximum absolute atomic E-state index is 13.5. The van der Waals surface area contributed by atoms with E-state index in [0.29, 0.717) is 6.54 Å². The minimum Gasteiger partial charge on any atom is -0.318 e. The molecule has 0 saturated carbocycles. The molecule has 2 aromatic rings. The fraction of sp³-hybridized carbons (Fsp3) is 0.231. The summed E-state index contributed by atoms with van der Waals surface area (Å²) in [6.07, 6.45) is 1.56. The van der Waals surface area contributed by atoms with E-state index in [-0.39, 0.29) is 16.4 Å². The third-order valence-electron chi connectivity index (χ3n) is 2.63. The number of hydrogen-bond donors (Lipinski definition) is 1. The number of nitrogens with one attached hydrogen (secondary N) is 1. The molecule has 1 amide bonds. The molecule has 0 bridgehead atoms. The average molecular weight is 282 g/mol. The van der Waals surface area contributed by atoms with E-state index < -0.39 is 11.7 Å². The smallest absolute Gasteiger partial charge is 0.277 e. The van der Waals surface area contributed by atoms with Gasteiger partial charge in [0.1, 0.15) is 5.82 Å². The van der Waals surface area contributed by atoms with Crippen LogP contribution >= 0.6 is 11.6 Å². The zero-order chi connectivity index (χ0) is 14.0. The summed E-state index contributed by atoms with van der Waals surface area (Å²) in [4.78, 5) is 12.0. The van der Waals surface area contributed by atoms with Crippen LogP contribution in [0.25, 0.3) is 0 Å². The second-order valence-electron chi connectivity index (χ2n) is 4.12. The van der Waals surface area contributed by atoms with Gasteiger partial charge in [0.2, 0.25) is 0 Å². The Morgan fingerprint density at radius 2 is 2.26 bits per heavy atom. The number of halogens is 2. The van der Waals surface area contributed by atoms with E-state index in [1.54, 1.807) is 23.0 Å². The van der Waals surface area contributed by atoms with E-state index in [4.69, 9.17) is 11.6 Å². The molecular weight excluding hydrogens is 269 g/mol. The predicted molar refractivity (Wildman–Crippen MR) is 72.0 cm³/mol. The summed E-state index contributed by atoms with van der Waals surface area (Å²) in [7, 11) is 0. The fourth-order valence-corrected chi connectivity index (χ4v) is 1.87. The van der Waals surface area contributed by atoms with Gasteiger partial charge in [0.15, 0.2) is 5.69 Å². The molecule has 1 N–H and O–H groups in total. The molecule has 4 nitrogen and oxygen atoms in total. The summed E-state index contributed by atoms with van der Waals surface area (Å²) >= 11 is 5.92. The number of nitrogens with zero attached hydrogens (tertiary/aromatic N) is 2. The molecular formula is C13H13ClFN3O. The Bertz CT molecular complexity index is 624. The van der Waals surface area contributed by atoms with Gasteiger partial charge in [0.25, 0.3) is 5.91 Å². The zero-order valence-corrected chi connectivity index (χ0v) is 11.3. The topological polar surface area (TPSA) is 46.9 Å². The van der Waals surface area contributed by atoms with Gasteiger partial charge in [-0.15, -0.1) is 0 Å².